The van der Waals surface area contributed by atoms with Crippen molar-refractivity contribution in [1.29, 1.82) is 0 Å². The molecule has 3 heteroatoms. The Balaban J connectivity index is 2.11. The lowest BCUT2D eigenvalue weighted by Gasteiger charge is -2.09. The first-order chi connectivity index (χ1) is 7.25. The van der Waals surface area contributed by atoms with E-state index in [1.165, 1.54) is 11.1 Å². The van der Waals surface area contributed by atoms with Gasteiger partial charge in [-0.1, -0.05) is 39.7 Å². The summed E-state index contributed by atoms with van der Waals surface area (Å²) in [5.41, 5.74) is 2.59. The molecule has 0 fully saturated rings. The molecule has 0 aliphatic carbocycles. The number of hydrogen-bond acceptors (Lipinski definition) is 1. The fourth-order valence-corrected chi connectivity index (χ4v) is 2.97. The predicted octanol–water partition coefficient (Wildman–Crippen LogP) is 5.08. The van der Waals surface area contributed by atoms with E-state index < -0.39 is 0 Å². The Hall–Kier alpha value is -0.310. The summed E-state index contributed by atoms with van der Waals surface area (Å²) in [5.74, 6) is 0. The second-order valence-corrected chi connectivity index (χ2v) is 5.68. The van der Waals surface area contributed by atoms with E-state index in [1.807, 2.05) is 18.2 Å². The number of thiophene rings is 1. The highest BCUT2D eigenvalue weighted by Crippen LogP contribution is 2.29. The van der Waals surface area contributed by atoms with Crippen molar-refractivity contribution >= 4 is 38.9 Å². The Labute approximate surface area is 107 Å². The van der Waals surface area contributed by atoms with Crippen LogP contribution in [-0.2, 0) is 6.42 Å². The molecule has 1 aromatic heterocycles. The molecule has 1 unspecified atom stereocenters. The van der Waals surface area contributed by atoms with Gasteiger partial charge in [0.05, 0.1) is 0 Å². The molecule has 0 aliphatic rings. The van der Waals surface area contributed by atoms with Gasteiger partial charge in [-0.3, -0.25) is 0 Å². The van der Waals surface area contributed by atoms with Crippen molar-refractivity contribution in [3.63, 3.8) is 0 Å². The van der Waals surface area contributed by atoms with Gasteiger partial charge in [-0.25, -0.2) is 0 Å². The smallest absolute Gasteiger partial charge is 0.0436 e. The van der Waals surface area contributed by atoms with Crippen LogP contribution in [0.3, 0.4) is 0 Å². The molecule has 78 valence electrons. The Bertz CT molecular complexity index is 425. The lowest BCUT2D eigenvalue weighted by Crippen LogP contribution is -1.93. The first-order valence-corrected chi connectivity index (χ1v) is 6.90. The Kier molecular flexibility index (Phi) is 3.84. The second kappa shape index (κ2) is 5.15. The third kappa shape index (κ3) is 3.07. The SMILES string of the molecule is Clc1cccc(C(Br)Cc2ccsc2)c1. The molecule has 0 bridgehead atoms. The Morgan fingerprint density at radius 2 is 2.20 bits per heavy atom. The topological polar surface area (TPSA) is 0 Å². The van der Waals surface area contributed by atoms with E-state index in [4.69, 9.17) is 11.6 Å². The van der Waals surface area contributed by atoms with Gasteiger partial charge in [0.15, 0.2) is 0 Å². The van der Waals surface area contributed by atoms with E-state index >= 15 is 0 Å². The molecular formula is C12H10BrClS. The van der Waals surface area contributed by atoms with Crippen LogP contribution in [0.4, 0.5) is 0 Å². The molecule has 0 saturated heterocycles. The van der Waals surface area contributed by atoms with Crippen molar-refractivity contribution in [2.75, 3.05) is 0 Å². The molecule has 0 spiro atoms. The normalized spacial score (nSPS) is 12.7. The molecule has 1 aromatic carbocycles. The number of benzene rings is 1. The zero-order valence-electron chi connectivity index (χ0n) is 7.99. The fraction of sp³-hybridized carbons (Fsp3) is 0.167. The van der Waals surface area contributed by atoms with E-state index in [2.05, 4.69) is 38.8 Å². The molecule has 0 radical (unpaired) electrons. The lowest BCUT2D eigenvalue weighted by atomic mass is 10.1. The third-order valence-electron chi connectivity index (χ3n) is 2.21. The highest BCUT2D eigenvalue weighted by atomic mass is 79.9. The fourth-order valence-electron chi connectivity index (χ4n) is 1.44. The lowest BCUT2D eigenvalue weighted by molar-refractivity contribution is 0.954. The minimum Gasteiger partial charge on any atom is -0.152 e. The summed E-state index contributed by atoms with van der Waals surface area (Å²) in [6.07, 6.45) is 1.00. The van der Waals surface area contributed by atoms with Crippen molar-refractivity contribution in [2.24, 2.45) is 0 Å². The monoisotopic (exact) mass is 300 g/mol. The van der Waals surface area contributed by atoms with Crippen molar-refractivity contribution in [1.82, 2.24) is 0 Å². The minimum atomic E-state index is 0.339. The van der Waals surface area contributed by atoms with Crippen LogP contribution in [0.15, 0.2) is 41.1 Å². The number of rotatable bonds is 3. The van der Waals surface area contributed by atoms with Crippen molar-refractivity contribution < 1.29 is 0 Å². The van der Waals surface area contributed by atoms with Crippen molar-refractivity contribution in [3.8, 4) is 0 Å². The average Bonchev–Trinajstić information content (AvgIpc) is 2.70. The van der Waals surface area contributed by atoms with Gasteiger partial charge in [0.2, 0.25) is 0 Å². The van der Waals surface area contributed by atoms with Gasteiger partial charge in [0.25, 0.3) is 0 Å². The summed E-state index contributed by atoms with van der Waals surface area (Å²) >= 11 is 11.4. The molecule has 0 N–H and O–H groups in total. The van der Waals surface area contributed by atoms with Crippen LogP contribution in [0.5, 0.6) is 0 Å². The minimum absolute atomic E-state index is 0.339. The molecule has 15 heavy (non-hydrogen) atoms. The van der Waals surface area contributed by atoms with Crippen LogP contribution < -0.4 is 0 Å². The van der Waals surface area contributed by atoms with Crippen LogP contribution in [0.1, 0.15) is 16.0 Å². The molecular weight excluding hydrogens is 292 g/mol. The van der Waals surface area contributed by atoms with Crippen LogP contribution in [0, 0.1) is 0 Å². The average molecular weight is 302 g/mol. The van der Waals surface area contributed by atoms with E-state index in [0.717, 1.165) is 11.4 Å². The second-order valence-electron chi connectivity index (χ2n) is 3.36. The van der Waals surface area contributed by atoms with E-state index in [0.29, 0.717) is 4.83 Å². The summed E-state index contributed by atoms with van der Waals surface area (Å²) in [6.45, 7) is 0. The zero-order chi connectivity index (χ0) is 10.7. The van der Waals surface area contributed by atoms with E-state index in [1.54, 1.807) is 11.3 Å². The first kappa shape index (κ1) is 11.2. The summed E-state index contributed by atoms with van der Waals surface area (Å²) in [5, 5.41) is 5.08. The zero-order valence-corrected chi connectivity index (χ0v) is 11.1. The highest BCUT2D eigenvalue weighted by Gasteiger charge is 2.08. The quantitative estimate of drug-likeness (QED) is 0.694. The summed E-state index contributed by atoms with van der Waals surface area (Å²) in [6, 6.07) is 10.1. The van der Waals surface area contributed by atoms with Crippen molar-refractivity contribution in [3.05, 3.63) is 57.2 Å². The highest BCUT2D eigenvalue weighted by molar-refractivity contribution is 9.09. The molecule has 1 heterocycles. The molecule has 0 amide bonds. The van der Waals surface area contributed by atoms with Crippen LogP contribution in [0.25, 0.3) is 0 Å². The summed E-state index contributed by atoms with van der Waals surface area (Å²) in [7, 11) is 0. The van der Waals surface area contributed by atoms with E-state index in [9.17, 15) is 0 Å². The van der Waals surface area contributed by atoms with Gasteiger partial charge in [0.1, 0.15) is 0 Å². The van der Waals surface area contributed by atoms with Crippen LogP contribution in [-0.4, -0.2) is 0 Å². The number of halogens is 2. The predicted molar refractivity (Wildman–Crippen MR) is 71.1 cm³/mol. The molecule has 2 aromatic rings. The van der Waals surface area contributed by atoms with Gasteiger partial charge in [-0.15, -0.1) is 0 Å². The largest absolute Gasteiger partial charge is 0.152 e. The molecule has 0 nitrogen and oxygen atoms in total. The first-order valence-electron chi connectivity index (χ1n) is 4.66. The standard InChI is InChI=1S/C12H10BrClS/c13-12(6-9-4-5-15-8-9)10-2-1-3-11(14)7-10/h1-5,7-8,12H,6H2. The Morgan fingerprint density at radius 1 is 1.33 bits per heavy atom. The van der Waals surface area contributed by atoms with Gasteiger partial charge in [0, 0.05) is 9.85 Å². The summed E-state index contributed by atoms with van der Waals surface area (Å²) < 4.78 is 0. The third-order valence-corrected chi connectivity index (χ3v) is 4.02. The maximum Gasteiger partial charge on any atom is 0.0436 e. The number of alkyl halides is 1. The number of hydrogen-bond donors (Lipinski definition) is 0. The maximum absolute atomic E-state index is 5.95. The van der Waals surface area contributed by atoms with E-state index in [-0.39, 0.29) is 0 Å². The summed E-state index contributed by atoms with van der Waals surface area (Å²) in [4.78, 5) is 0.339. The molecule has 0 saturated carbocycles. The Morgan fingerprint density at radius 3 is 2.87 bits per heavy atom. The van der Waals surface area contributed by atoms with Crippen molar-refractivity contribution in [2.45, 2.75) is 11.2 Å². The molecule has 2 rings (SSSR count). The van der Waals surface area contributed by atoms with Crippen LogP contribution in [0.2, 0.25) is 5.02 Å². The maximum atomic E-state index is 5.95. The van der Waals surface area contributed by atoms with Gasteiger partial charge in [-0.05, 0) is 46.5 Å². The molecule has 1 atom stereocenters. The van der Waals surface area contributed by atoms with Gasteiger partial charge >= 0.3 is 0 Å². The van der Waals surface area contributed by atoms with Gasteiger partial charge in [-0.2, -0.15) is 11.3 Å². The van der Waals surface area contributed by atoms with Crippen LogP contribution >= 0.6 is 38.9 Å². The molecule has 0 aliphatic heterocycles. The van der Waals surface area contributed by atoms with Gasteiger partial charge < -0.3 is 0 Å².